The van der Waals surface area contributed by atoms with Crippen molar-refractivity contribution < 1.29 is 27.6 Å². The first-order chi connectivity index (χ1) is 14.6. The molecule has 4 atom stereocenters. The molecule has 9 nitrogen and oxygen atoms in total. The summed E-state index contributed by atoms with van der Waals surface area (Å²) in [6.07, 6.45) is 4.53. The number of sulfonamides is 1. The Labute approximate surface area is 186 Å². The van der Waals surface area contributed by atoms with Crippen LogP contribution in [-0.4, -0.2) is 60.2 Å². The van der Waals surface area contributed by atoms with Crippen LogP contribution >= 0.6 is 11.6 Å². The first kappa shape index (κ1) is 22.7. The summed E-state index contributed by atoms with van der Waals surface area (Å²) in [6, 6.07) is -1.37. The summed E-state index contributed by atoms with van der Waals surface area (Å²) >= 11 is 6.10. The lowest BCUT2D eigenvalue weighted by atomic mass is 9.79. The van der Waals surface area contributed by atoms with Gasteiger partial charge in [-0.15, -0.1) is 11.6 Å². The number of hydrogen-bond acceptors (Lipinski definition) is 6. The van der Waals surface area contributed by atoms with E-state index < -0.39 is 51.7 Å². The Morgan fingerprint density at radius 1 is 0.935 bits per heavy atom. The van der Waals surface area contributed by atoms with Crippen molar-refractivity contribution in [3.63, 3.8) is 0 Å². The molecular formula is C20H28ClN3O6S. The van der Waals surface area contributed by atoms with Gasteiger partial charge >= 0.3 is 0 Å². The molecule has 0 aromatic heterocycles. The molecule has 0 spiro atoms. The van der Waals surface area contributed by atoms with Gasteiger partial charge < -0.3 is 0 Å². The predicted octanol–water partition coefficient (Wildman–Crippen LogP) is 0.662. The molecule has 2 N–H and O–H groups in total. The molecule has 31 heavy (non-hydrogen) atoms. The number of likely N-dealkylation sites (tertiary alicyclic amines) is 1. The van der Waals surface area contributed by atoms with E-state index in [0.717, 1.165) is 30.6 Å². The first-order valence-corrected chi connectivity index (χ1v) is 13.1. The highest BCUT2D eigenvalue weighted by Gasteiger charge is 2.54. The summed E-state index contributed by atoms with van der Waals surface area (Å²) in [5.41, 5.74) is 0. The van der Waals surface area contributed by atoms with Gasteiger partial charge in [0.05, 0.1) is 17.6 Å². The number of amides is 4. The van der Waals surface area contributed by atoms with Crippen LogP contribution in [0, 0.1) is 17.8 Å². The lowest BCUT2D eigenvalue weighted by Crippen LogP contribution is -2.54. The highest BCUT2D eigenvalue weighted by molar-refractivity contribution is 7.89. The van der Waals surface area contributed by atoms with Crippen molar-refractivity contribution in [1.29, 1.82) is 0 Å². The Bertz CT molecular complexity index is 885. The normalized spacial score (nSPS) is 37.0. The number of nitrogens with one attached hydrogen (secondary N) is 2. The third-order valence-electron chi connectivity index (χ3n) is 7.06. The Hall–Kier alpha value is -1.52. The van der Waals surface area contributed by atoms with Gasteiger partial charge in [-0.05, 0) is 57.3 Å². The van der Waals surface area contributed by atoms with E-state index in [0.29, 0.717) is 12.8 Å². The Kier molecular flexibility index (Phi) is 6.42. The number of piperidine rings is 1. The monoisotopic (exact) mass is 473 g/mol. The fraction of sp³-hybridized carbons (Fsp3) is 0.800. The topological polar surface area (TPSA) is 130 Å². The van der Waals surface area contributed by atoms with Crippen molar-refractivity contribution in [2.24, 2.45) is 17.8 Å². The van der Waals surface area contributed by atoms with Crippen molar-refractivity contribution in [3.05, 3.63) is 0 Å². The minimum Gasteiger partial charge on any atom is -0.295 e. The standard InChI is InChI=1S/C20H28ClN3O6S/c21-12-3-1-11(2-4-12)10-31(29,30)23-13-5-6-14-15(9-13)20(28)24(19(14)27)16-7-8-17(25)22-18(16)26/h11-16,23H,1-10H2,(H,22,25,26). The molecule has 4 fully saturated rings. The molecule has 2 aliphatic heterocycles. The number of imide groups is 2. The highest BCUT2D eigenvalue weighted by atomic mass is 35.5. The molecule has 2 heterocycles. The van der Waals surface area contributed by atoms with E-state index in [-0.39, 0.29) is 42.2 Å². The smallest absolute Gasteiger partial charge is 0.249 e. The van der Waals surface area contributed by atoms with Crippen LogP contribution in [0.4, 0.5) is 0 Å². The number of carbonyl (C=O) groups is 4. The van der Waals surface area contributed by atoms with Gasteiger partial charge in [0, 0.05) is 17.8 Å². The van der Waals surface area contributed by atoms with Crippen LogP contribution in [0.1, 0.15) is 57.8 Å². The molecule has 2 saturated carbocycles. The van der Waals surface area contributed by atoms with Gasteiger partial charge in [-0.1, -0.05) is 0 Å². The lowest BCUT2D eigenvalue weighted by molar-refractivity contribution is -0.151. The average Bonchev–Trinajstić information content (AvgIpc) is 2.94. The summed E-state index contributed by atoms with van der Waals surface area (Å²) < 4.78 is 28.1. The number of nitrogens with zero attached hydrogens (tertiary/aromatic N) is 1. The maximum absolute atomic E-state index is 13.0. The van der Waals surface area contributed by atoms with E-state index in [9.17, 15) is 27.6 Å². The summed E-state index contributed by atoms with van der Waals surface area (Å²) in [5.74, 6) is -2.88. The van der Waals surface area contributed by atoms with Crippen molar-refractivity contribution >= 4 is 45.3 Å². The van der Waals surface area contributed by atoms with E-state index >= 15 is 0 Å². The van der Waals surface area contributed by atoms with E-state index in [4.69, 9.17) is 11.6 Å². The highest BCUT2D eigenvalue weighted by Crippen LogP contribution is 2.40. The number of alkyl halides is 1. The van der Waals surface area contributed by atoms with Crippen molar-refractivity contribution in [2.45, 2.75) is 75.2 Å². The largest absolute Gasteiger partial charge is 0.295 e. The molecule has 4 rings (SSSR count). The average molecular weight is 474 g/mol. The van der Waals surface area contributed by atoms with Crippen LogP contribution in [0.15, 0.2) is 0 Å². The third-order valence-corrected chi connectivity index (χ3v) is 9.10. The number of rotatable bonds is 5. The molecule has 11 heteroatoms. The Morgan fingerprint density at radius 2 is 1.61 bits per heavy atom. The number of fused-ring (bicyclic) bond motifs is 1. The molecule has 4 amide bonds. The molecular weight excluding hydrogens is 446 g/mol. The zero-order valence-corrected chi connectivity index (χ0v) is 18.8. The number of halogens is 1. The van der Waals surface area contributed by atoms with Gasteiger partial charge in [0.15, 0.2) is 0 Å². The summed E-state index contributed by atoms with van der Waals surface area (Å²) in [5, 5.41) is 2.31. The maximum Gasteiger partial charge on any atom is 0.249 e. The van der Waals surface area contributed by atoms with Gasteiger partial charge in [0.25, 0.3) is 0 Å². The minimum absolute atomic E-state index is 0.0521. The van der Waals surface area contributed by atoms with Crippen molar-refractivity contribution in [1.82, 2.24) is 14.9 Å². The van der Waals surface area contributed by atoms with Crippen molar-refractivity contribution in [2.75, 3.05) is 5.75 Å². The Morgan fingerprint density at radius 3 is 2.29 bits per heavy atom. The SMILES string of the molecule is O=C1CCC(N2C(=O)C3CCC(NS(=O)(=O)CC4CCC(Cl)CC4)CC3C2=O)C(=O)N1. The second kappa shape index (κ2) is 8.78. The zero-order chi connectivity index (χ0) is 22.3. The summed E-state index contributed by atoms with van der Waals surface area (Å²) in [7, 11) is -3.51. The fourth-order valence-electron chi connectivity index (χ4n) is 5.45. The molecule has 0 radical (unpaired) electrons. The molecule has 0 bridgehead atoms. The number of hydrogen-bond donors (Lipinski definition) is 2. The quantitative estimate of drug-likeness (QED) is 0.445. The van der Waals surface area contributed by atoms with E-state index in [2.05, 4.69) is 10.0 Å². The van der Waals surface area contributed by atoms with Crippen LogP contribution < -0.4 is 10.0 Å². The molecule has 4 aliphatic rings. The molecule has 2 aliphatic carbocycles. The molecule has 4 unspecified atom stereocenters. The van der Waals surface area contributed by atoms with Crippen LogP contribution in [0.5, 0.6) is 0 Å². The lowest BCUT2D eigenvalue weighted by Gasteiger charge is -2.30. The second-order valence-electron chi connectivity index (χ2n) is 9.25. The van der Waals surface area contributed by atoms with Gasteiger partial charge in [0.1, 0.15) is 6.04 Å². The molecule has 0 aromatic rings. The third kappa shape index (κ3) is 4.80. The summed E-state index contributed by atoms with van der Waals surface area (Å²) in [4.78, 5) is 50.4. The number of carbonyl (C=O) groups excluding carboxylic acids is 4. The Balaban J connectivity index is 1.38. The second-order valence-corrected chi connectivity index (χ2v) is 11.7. The molecule has 2 saturated heterocycles. The van der Waals surface area contributed by atoms with Crippen LogP contribution in [0.3, 0.4) is 0 Å². The molecule has 0 aromatic carbocycles. The van der Waals surface area contributed by atoms with E-state index in [1.54, 1.807) is 0 Å². The van der Waals surface area contributed by atoms with Gasteiger partial charge in [-0.3, -0.25) is 29.4 Å². The van der Waals surface area contributed by atoms with E-state index in [1.807, 2.05) is 0 Å². The summed E-state index contributed by atoms with van der Waals surface area (Å²) in [6.45, 7) is 0. The minimum atomic E-state index is -3.51. The predicted molar refractivity (Wildman–Crippen MR) is 111 cm³/mol. The van der Waals surface area contributed by atoms with Crippen LogP contribution in [0.2, 0.25) is 0 Å². The van der Waals surface area contributed by atoms with Crippen LogP contribution in [-0.2, 0) is 29.2 Å². The van der Waals surface area contributed by atoms with Gasteiger partial charge in [0.2, 0.25) is 33.7 Å². The van der Waals surface area contributed by atoms with Crippen LogP contribution in [0.25, 0.3) is 0 Å². The van der Waals surface area contributed by atoms with Gasteiger partial charge in [-0.2, -0.15) is 0 Å². The van der Waals surface area contributed by atoms with Gasteiger partial charge in [-0.25, -0.2) is 13.1 Å². The zero-order valence-electron chi connectivity index (χ0n) is 17.2. The van der Waals surface area contributed by atoms with E-state index in [1.165, 1.54) is 0 Å². The fourth-order valence-corrected chi connectivity index (χ4v) is 7.47. The molecule has 172 valence electrons. The first-order valence-electron chi connectivity index (χ1n) is 11.0. The maximum atomic E-state index is 13.0. The van der Waals surface area contributed by atoms with Crippen molar-refractivity contribution in [3.8, 4) is 0 Å².